The molecule has 0 fully saturated rings. The molecule has 2 aromatic rings. The third-order valence-corrected chi connectivity index (χ3v) is 1.45. The Morgan fingerprint density at radius 2 is 1.85 bits per heavy atom. The van der Waals surface area contributed by atoms with E-state index in [1.54, 1.807) is 0 Å². The zero-order valence-electron chi connectivity index (χ0n) is 6.29. The lowest BCUT2D eigenvalue weighted by atomic mass is 10.2. The summed E-state index contributed by atoms with van der Waals surface area (Å²) in [5.74, 6) is -1.25. The molecule has 0 spiro atoms. The summed E-state index contributed by atoms with van der Waals surface area (Å²) in [4.78, 5) is 3.53. The Hall–Kier alpha value is -1.78. The van der Waals surface area contributed by atoms with Gasteiger partial charge in [-0.2, -0.15) is 4.98 Å². The van der Waals surface area contributed by atoms with Crippen molar-refractivity contribution in [2.75, 3.05) is 0 Å². The lowest BCUT2D eigenvalue weighted by molar-refractivity contribution is 0.411. The van der Waals surface area contributed by atoms with Crippen molar-refractivity contribution < 1.29 is 13.3 Å². The van der Waals surface area contributed by atoms with Gasteiger partial charge in [-0.25, -0.2) is 8.78 Å². The van der Waals surface area contributed by atoms with Crippen LogP contribution in [0, 0.1) is 18.0 Å². The Morgan fingerprint density at radius 1 is 1.15 bits per heavy atom. The summed E-state index contributed by atoms with van der Waals surface area (Å²) in [5, 5.41) is 3.39. The molecule has 5 heteroatoms. The first-order chi connectivity index (χ1) is 6.25. The van der Waals surface area contributed by atoms with E-state index in [4.69, 9.17) is 0 Å². The van der Waals surface area contributed by atoms with Gasteiger partial charge in [-0.3, -0.25) is 0 Å². The second-order valence-corrected chi connectivity index (χ2v) is 2.37. The Bertz CT molecular complexity index is 394. The number of benzene rings is 1. The highest BCUT2D eigenvalue weighted by atomic mass is 19.1. The first kappa shape index (κ1) is 7.85. The van der Waals surface area contributed by atoms with Gasteiger partial charge >= 0.3 is 6.39 Å². The Morgan fingerprint density at radius 3 is 2.38 bits per heavy atom. The minimum atomic E-state index is -0.681. The minimum Gasteiger partial charge on any atom is -0.328 e. The molecule has 0 bridgehead atoms. The van der Waals surface area contributed by atoms with E-state index in [2.05, 4.69) is 21.1 Å². The Kier molecular flexibility index (Phi) is 1.77. The second kappa shape index (κ2) is 2.93. The highest BCUT2D eigenvalue weighted by molar-refractivity contribution is 5.53. The molecule has 0 atom stereocenters. The second-order valence-electron chi connectivity index (χ2n) is 2.37. The molecule has 0 saturated carbocycles. The van der Waals surface area contributed by atoms with Gasteiger partial charge in [0.05, 0.1) is 0 Å². The highest BCUT2D eigenvalue weighted by Crippen LogP contribution is 2.16. The van der Waals surface area contributed by atoms with Crippen LogP contribution in [0.25, 0.3) is 11.4 Å². The fourth-order valence-corrected chi connectivity index (χ4v) is 0.948. The van der Waals surface area contributed by atoms with E-state index in [9.17, 15) is 8.78 Å². The molecule has 13 heavy (non-hydrogen) atoms. The quantitative estimate of drug-likeness (QED) is 0.673. The third kappa shape index (κ3) is 1.53. The van der Waals surface area contributed by atoms with Gasteiger partial charge in [0.25, 0.3) is 0 Å². The SMILES string of the molecule is Fc1cc(F)cc(-c2n[c]on2)c1. The monoisotopic (exact) mass is 181 g/mol. The predicted molar refractivity (Wildman–Crippen MR) is 38.5 cm³/mol. The smallest absolute Gasteiger partial charge is 0.316 e. The maximum absolute atomic E-state index is 12.7. The van der Waals surface area contributed by atoms with Crippen LogP contribution in [0.5, 0.6) is 0 Å². The van der Waals surface area contributed by atoms with Gasteiger partial charge < -0.3 is 4.52 Å². The predicted octanol–water partition coefficient (Wildman–Crippen LogP) is 1.81. The van der Waals surface area contributed by atoms with Crippen LogP contribution in [0.3, 0.4) is 0 Å². The first-order valence-corrected chi connectivity index (χ1v) is 3.42. The van der Waals surface area contributed by atoms with Crippen LogP contribution in [-0.4, -0.2) is 10.1 Å². The highest BCUT2D eigenvalue weighted by Gasteiger charge is 2.06. The van der Waals surface area contributed by atoms with Crippen LogP contribution in [-0.2, 0) is 0 Å². The van der Waals surface area contributed by atoms with Gasteiger partial charge in [-0.15, -0.1) is 0 Å². The lowest BCUT2D eigenvalue weighted by Crippen LogP contribution is -1.85. The van der Waals surface area contributed by atoms with Gasteiger partial charge in [0.2, 0.25) is 5.82 Å². The van der Waals surface area contributed by atoms with Crippen molar-refractivity contribution in [1.29, 1.82) is 0 Å². The summed E-state index contributed by atoms with van der Waals surface area (Å²) in [7, 11) is 0. The number of aromatic nitrogens is 2. The molecule has 65 valence electrons. The van der Waals surface area contributed by atoms with Gasteiger partial charge in [0.15, 0.2) is 0 Å². The topological polar surface area (TPSA) is 38.9 Å². The molecule has 1 aromatic carbocycles. The van der Waals surface area contributed by atoms with Crippen molar-refractivity contribution in [3.8, 4) is 11.4 Å². The van der Waals surface area contributed by atoms with E-state index in [0.29, 0.717) is 0 Å². The summed E-state index contributed by atoms with van der Waals surface area (Å²) in [6.07, 6.45) is 2.09. The van der Waals surface area contributed by atoms with E-state index in [0.717, 1.165) is 18.2 Å². The lowest BCUT2D eigenvalue weighted by Gasteiger charge is -1.94. The van der Waals surface area contributed by atoms with Crippen molar-refractivity contribution >= 4 is 0 Å². The molecule has 1 aromatic heterocycles. The molecule has 0 N–H and O–H groups in total. The summed E-state index contributed by atoms with van der Waals surface area (Å²) in [6, 6.07) is 3.00. The van der Waals surface area contributed by atoms with E-state index in [1.165, 1.54) is 0 Å². The van der Waals surface area contributed by atoms with Crippen molar-refractivity contribution in [1.82, 2.24) is 10.1 Å². The van der Waals surface area contributed by atoms with E-state index < -0.39 is 11.6 Å². The number of nitrogens with zero attached hydrogens (tertiary/aromatic N) is 2. The average Bonchev–Trinajstić information content (AvgIpc) is 2.53. The number of hydrogen-bond donors (Lipinski definition) is 0. The van der Waals surface area contributed by atoms with E-state index >= 15 is 0 Å². The molecule has 0 unspecified atom stereocenters. The summed E-state index contributed by atoms with van der Waals surface area (Å²) < 4.78 is 29.7. The van der Waals surface area contributed by atoms with Gasteiger partial charge in [-0.1, -0.05) is 5.16 Å². The molecular formula is C8H3F2N2O. The summed E-state index contributed by atoms with van der Waals surface area (Å²) in [5.41, 5.74) is 0.225. The normalized spacial score (nSPS) is 10.3. The number of hydrogen-bond acceptors (Lipinski definition) is 3. The third-order valence-electron chi connectivity index (χ3n) is 1.45. The molecule has 0 aliphatic heterocycles. The van der Waals surface area contributed by atoms with Crippen molar-refractivity contribution in [2.24, 2.45) is 0 Å². The fourth-order valence-electron chi connectivity index (χ4n) is 0.948. The van der Waals surface area contributed by atoms with Crippen LogP contribution in [0.1, 0.15) is 0 Å². The molecule has 1 heterocycles. The van der Waals surface area contributed by atoms with Crippen molar-refractivity contribution in [3.63, 3.8) is 0 Å². The van der Waals surface area contributed by atoms with Crippen LogP contribution in [0.15, 0.2) is 22.7 Å². The molecule has 3 nitrogen and oxygen atoms in total. The first-order valence-electron chi connectivity index (χ1n) is 3.42. The van der Waals surface area contributed by atoms with Crippen molar-refractivity contribution in [2.45, 2.75) is 0 Å². The van der Waals surface area contributed by atoms with Crippen LogP contribution in [0.2, 0.25) is 0 Å². The van der Waals surface area contributed by atoms with Gasteiger partial charge in [0.1, 0.15) is 11.6 Å². The molecule has 0 amide bonds. The zero-order chi connectivity index (χ0) is 9.26. The number of rotatable bonds is 1. The van der Waals surface area contributed by atoms with Gasteiger partial charge in [-0.05, 0) is 12.1 Å². The molecule has 0 aliphatic carbocycles. The molecule has 0 aliphatic rings. The Balaban J connectivity index is 2.53. The Labute approximate surface area is 72.0 Å². The average molecular weight is 181 g/mol. The van der Waals surface area contributed by atoms with Crippen LogP contribution >= 0.6 is 0 Å². The molecule has 0 saturated heterocycles. The van der Waals surface area contributed by atoms with Gasteiger partial charge in [0, 0.05) is 11.6 Å². The molecule has 2 rings (SSSR count). The largest absolute Gasteiger partial charge is 0.328 e. The van der Waals surface area contributed by atoms with Crippen LogP contribution in [0.4, 0.5) is 8.78 Å². The standard InChI is InChI=1S/C8H3F2N2O/c9-6-1-5(2-7(10)3-6)8-11-4-13-12-8/h1-3H. The fraction of sp³-hybridized carbons (Fsp3) is 0. The minimum absolute atomic E-state index is 0.110. The molecule has 1 radical (unpaired) electrons. The summed E-state index contributed by atoms with van der Waals surface area (Å²) >= 11 is 0. The van der Waals surface area contributed by atoms with Crippen molar-refractivity contribution in [3.05, 3.63) is 36.2 Å². The van der Waals surface area contributed by atoms with Crippen LogP contribution < -0.4 is 0 Å². The molecular weight excluding hydrogens is 178 g/mol. The maximum Gasteiger partial charge on any atom is 0.316 e. The maximum atomic E-state index is 12.7. The van der Waals surface area contributed by atoms with E-state index in [-0.39, 0.29) is 11.4 Å². The van der Waals surface area contributed by atoms with E-state index in [1.807, 2.05) is 0 Å². The summed E-state index contributed by atoms with van der Waals surface area (Å²) in [6.45, 7) is 0. The number of halogens is 2. The zero-order valence-corrected chi connectivity index (χ0v) is 6.29.